The molecular weight excluding hydrogens is 236 g/mol. The summed E-state index contributed by atoms with van der Waals surface area (Å²) in [5, 5.41) is 10.5. The molecule has 1 amide bonds. The Morgan fingerprint density at radius 2 is 2.33 bits per heavy atom. The quantitative estimate of drug-likeness (QED) is 0.612. The second-order valence-corrected chi connectivity index (χ2v) is 4.45. The fourth-order valence-electron chi connectivity index (χ4n) is 2.37. The minimum absolute atomic E-state index is 0.0575. The van der Waals surface area contributed by atoms with E-state index in [1.165, 1.54) is 12.1 Å². The van der Waals surface area contributed by atoms with Gasteiger partial charge in [-0.15, -0.1) is 0 Å². The number of nitro groups is 1. The standard InChI is InChI=1S/C12H16N2O4/c1-2-9-5-3-4-8-13(9)12(15)10-6-7-11(18-10)14(16)17/h6-7,9H,2-5,8H2,1H3/t9-/m1/s1. The van der Waals surface area contributed by atoms with Crippen molar-refractivity contribution in [2.24, 2.45) is 0 Å². The molecule has 2 heterocycles. The van der Waals surface area contributed by atoms with Gasteiger partial charge in [-0.2, -0.15) is 0 Å². The first kappa shape index (κ1) is 12.6. The summed E-state index contributed by atoms with van der Waals surface area (Å²) in [6.45, 7) is 2.74. The molecular formula is C12H16N2O4. The Morgan fingerprint density at radius 3 is 2.94 bits per heavy atom. The SMILES string of the molecule is CC[C@@H]1CCCCN1C(=O)c1ccc([N+](=O)[O-])o1. The third-order valence-electron chi connectivity index (χ3n) is 3.34. The van der Waals surface area contributed by atoms with E-state index in [0.29, 0.717) is 6.54 Å². The van der Waals surface area contributed by atoms with Crippen LogP contribution in [0.25, 0.3) is 0 Å². The Bertz CT molecular complexity index is 455. The second-order valence-electron chi connectivity index (χ2n) is 4.45. The van der Waals surface area contributed by atoms with E-state index < -0.39 is 4.92 Å². The minimum atomic E-state index is -0.635. The molecule has 1 aromatic heterocycles. The van der Waals surface area contributed by atoms with E-state index in [-0.39, 0.29) is 23.6 Å². The van der Waals surface area contributed by atoms with Crippen LogP contribution in [0.5, 0.6) is 0 Å². The lowest BCUT2D eigenvalue weighted by atomic mass is 10.00. The van der Waals surface area contributed by atoms with Crippen molar-refractivity contribution < 1.29 is 14.1 Å². The van der Waals surface area contributed by atoms with Gasteiger partial charge in [0.05, 0.1) is 6.07 Å². The highest BCUT2D eigenvalue weighted by Crippen LogP contribution is 2.24. The molecule has 1 saturated heterocycles. The van der Waals surface area contributed by atoms with Crippen LogP contribution in [-0.4, -0.2) is 28.3 Å². The molecule has 1 aromatic rings. The molecule has 0 spiro atoms. The van der Waals surface area contributed by atoms with E-state index >= 15 is 0 Å². The van der Waals surface area contributed by atoms with Gasteiger partial charge in [-0.1, -0.05) is 6.92 Å². The molecule has 0 saturated carbocycles. The third kappa shape index (κ3) is 2.37. The summed E-state index contributed by atoms with van der Waals surface area (Å²) in [6, 6.07) is 2.82. The number of hydrogen-bond donors (Lipinski definition) is 0. The first-order chi connectivity index (χ1) is 8.63. The van der Waals surface area contributed by atoms with Crippen molar-refractivity contribution in [1.29, 1.82) is 0 Å². The molecule has 6 nitrogen and oxygen atoms in total. The first-order valence-electron chi connectivity index (χ1n) is 6.18. The van der Waals surface area contributed by atoms with Gasteiger partial charge in [0.15, 0.2) is 5.76 Å². The summed E-state index contributed by atoms with van der Waals surface area (Å²) in [4.78, 5) is 23.9. The van der Waals surface area contributed by atoms with Crippen molar-refractivity contribution in [2.75, 3.05) is 6.54 Å². The maximum Gasteiger partial charge on any atom is 0.433 e. The van der Waals surface area contributed by atoms with Crippen LogP contribution in [0, 0.1) is 10.1 Å². The zero-order valence-corrected chi connectivity index (χ0v) is 10.3. The van der Waals surface area contributed by atoms with Gasteiger partial charge in [0, 0.05) is 12.6 Å². The number of rotatable bonds is 3. The molecule has 0 aliphatic carbocycles. The molecule has 6 heteroatoms. The van der Waals surface area contributed by atoms with E-state index in [2.05, 4.69) is 0 Å². The average Bonchev–Trinajstić information content (AvgIpc) is 2.87. The third-order valence-corrected chi connectivity index (χ3v) is 3.34. The van der Waals surface area contributed by atoms with Crippen LogP contribution in [0.3, 0.4) is 0 Å². The minimum Gasteiger partial charge on any atom is -0.395 e. The topological polar surface area (TPSA) is 76.6 Å². The smallest absolute Gasteiger partial charge is 0.395 e. The predicted molar refractivity (Wildman–Crippen MR) is 64.3 cm³/mol. The number of carbonyl (C=O) groups excluding carboxylic acids is 1. The van der Waals surface area contributed by atoms with Crippen LogP contribution < -0.4 is 0 Å². The second kappa shape index (κ2) is 5.20. The van der Waals surface area contributed by atoms with Crippen LogP contribution in [0.1, 0.15) is 43.2 Å². The molecule has 1 fully saturated rings. The summed E-state index contributed by atoms with van der Waals surface area (Å²) in [6.07, 6.45) is 3.99. The van der Waals surface area contributed by atoms with Gasteiger partial charge in [-0.3, -0.25) is 14.9 Å². The highest BCUT2D eigenvalue weighted by atomic mass is 16.6. The van der Waals surface area contributed by atoms with Crippen LogP contribution >= 0.6 is 0 Å². The van der Waals surface area contributed by atoms with Crippen molar-refractivity contribution in [1.82, 2.24) is 4.90 Å². The molecule has 0 bridgehead atoms. The highest BCUT2D eigenvalue weighted by Gasteiger charge is 2.29. The summed E-state index contributed by atoms with van der Waals surface area (Å²) < 4.78 is 4.96. The Labute approximate surface area is 105 Å². The number of furan rings is 1. The molecule has 1 atom stereocenters. The number of likely N-dealkylation sites (tertiary alicyclic amines) is 1. The molecule has 0 aromatic carbocycles. The van der Waals surface area contributed by atoms with Crippen molar-refractivity contribution in [2.45, 2.75) is 38.6 Å². The normalized spacial score (nSPS) is 19.8. The van der Waals surface area contributed by atoms with Crippen LogP contribution in [0.15, 0.2) is 16.5 Å². The number of nitrogens with zero attached hydrogens (tertiary/aromatic N) is 2. The average molecular weight is 252 g/mol. The van der Waals surface area contributed by atoms with Crippen molar-refractivity contribution >= 4 is 11.8 Å². The molecule has 98 valence electrons. The Morgan fingerprint density at radius 1 is 1.56 bits per heavy atom. The van der Waals surface area contributed by atoms with Crippen molar-refractivity contribution in [3.8, 4) is 0 Å². The lowest BCUT2D eigenvalue weighted by Gasteiger charge is -2.34. The van der Waals surface area contributed by atoms with Crippen LogP contribution in [-0.2, 0) is 0 Å². The summed E-state index contributed by atoms with van der Waals surface area (Å²) in [7, 11) is 0. The highest BCUT2D eigenvalue weighted by molar-refractivity contribution is 5.92. The van der Waals surface area contributed by atoms with E-state index in [0.717, 1.165) is 25.7 Å². The van der Waals surface area contributed by atoms with E-state index in [9.17, 15) is 14.9 Å². The summed E-state index contributed by atoms with van der Waals surface area (Å²) in [5.41, 5.74) is 0. The molecule has 1 aliphatic rings. The molecule has 18 heavy (non-hydrogen) atoms. The van der Waals surface area contributed by atoms with Crippen LogP contribution in [0.4, 0.5) is 5.88 Å². The Kier molecular flexibility index (Phi) is 3.64. The number of piperidine rings is 1. The molecule has 1 aliphatic heterocycles. The van der Waals surface area contributed by atoms with Gasteiger partial charge in [-0.05, 0) is 31.7 Å². The van der Waals surface area contributed by atoms with Gasteiger partial charge in [0.2, 0.25) is 0 Å². The molecule has 0 unspecified atom stereocenters. The van der Waals surface area contributed by atoms with Crippen LogP contribution in [0.2, 0.25) is 0 Å². The number of carbonyl (C=O) groups is 1. The lowest BCUT2D eigenvalue weighted by Crippen LogP contribution is -2.43. The Hall–Kier alpha value is -1.85. The monoisotopic (exact) mass is 252 g/mol. The van der Waals surface area contributed by atoms with Gasteiger partial charge < -0.3 is 9.32 Å². The Balaban J connectivity index is 2.15. The molecule has 2 rings (SSSR count). The van der Waals surface area contributed by atoms with Crippen molar-refractivity contribution in [3.05, 3.63) is 28.0 Å². The number of amides is 1. The summed E-state index contributed by atoms with van der Waals surface area (Å²) >= 11 is 0. The zero-order valence-electron chi connectivity index (χ0n) is 10.3. The maximum absolute atomic E-state index is 12.2. The maximum atomic E-state index is 12.2. The number of hydrogen-bond acceptors (Lipinski definition) is 4. The zero-order chi connectivity index (χ0) is 13.1. The fraction of sp³-hybridized carbons (Fsp3) is 0.583. The fourth-order valence-corrected chi connectivity index (χ4v) is 2.37. The van der Waals surface area contributed by atoms with E-state index in [1.54, 1.807) is 4.90 Å². The van der Waals surface area contributed by atoms with E-state index in [1.807, 2.05) is 6.92 Å². The van der Waals surface area contributed by atoms with E-state index in [4.69, 9.17) is 4.42 Å². The van der Waals surface area contributed by atoms with Gasteiger partial charge in [0.25, 0.3) is 5.91 Å². The molecule has 0 N–H and O–H groups in total. The largest absolute Gasteiger partial charge is 0.433 e. The van der Waals surface area contributed by atoms with Gasteiger partial charge in [0.1, 0.15) is 4.92 Å². The van der Waals surface area contributed by atoms with Gasteiger partial charge in [-0.25, -0.2) is 0 Å². The van der Waals surface area contributed by atoms with Gasteiger partial charge >= 0.3 is 5.88 Å². The lowest BCUT2D eigenvalue weighted by molar-refractivity contribution is -0.402. The summed E-state index contributed by atoms with van der Waals surface area (Å²) in [5.74, 6) is -0.569. The molecule has 0 radical (unpaired) electrons. The van der Waals surface area contributed by atoms with Crippen molar-refractivity contribution in [3.63, 3.8) is 0 Å². The predicted octanol–water partition coefficient (Wildman–Crippen LogP) is 2.59. The first-order valence-corrected chi connectivity index (χ1v) is 6.18.